The number of carbonyl (C=O) groups is 1. The number of pyridine rings is 1. The Morgan fingerprint density at radius 1 is 1.23 bits per heavy atom. The molecule has 1 saturated carbocycles. The average molecular weight is 605 g/mol. The van der Waals surface area contributed by atoms with Crippen molar-refractivity contribution in [3.8, 4) is 16.9 Å². The lowest BCUT2D eigenvalue weighted by Gasteiger charge is -2.16. The van der Waals surface area contributed by atoms with E-state index in [2.05, 4.69) is 42.1 Å². The summed E-state index contributed by atoms with van der Waals surface area (Å²) in [6, 6.07) is 7.77. The Kier molecular flexibility index (Phi) is 7.91. The zero-order chi connectivity index (χ0) is 25.1. The van der Waals surface area contributed by atoms with Crippen molar-refractivity contribution in [2.45, 2.75) is 33.6 Å². The first-order chi connectivity index (χ1) is 17.0. The molecule has 35 heavy (non-hydrogen) atoms. The molecule has 1 aliphatic rings. The van der Waals surface area contributed by atoms with Crippen LogP contribution < -0.4 is 15.4 Å². The fraction of sp³-hybridized carbons (Fsp3) is 0.333. The van der Waals surface area contributed by atoms with E-state index in [0.29, 0.717) is 17.9 Å². The van der Waals surface area contributed by atoms with Crippen LogP contribution in [-0.2, 0) is 11.8 Å². The van der Waals surface area contributed by atoms with E-state index in [0.717, 1.165) is 52.3 Å². The highest BCUT2D eigenvalue weighted by Crippen LogP contribution is 2.40. The van der Waals surface area contributed by atoms with Gasteiger partial charge in [0.25, 0.3) is 0 Å². The first kappa shape index (κ1) is 25.4. The van der Waals surface area contributed by atoms with Crippen molar-refractivity contribution in [1.82, 2.24) is 24.1 Å². The molecule has 0 bridgehead atoms. The number of anilines is 3. The van der Waals surface area contributed by atoms with Gasteiger partial charge in [0, 0.05) is 36.4 Å². The zero-order valence-corrected chi connectivity index (χ0v) is 23.5. The van der Waals surface area contributed by atoms with Gasteiger partial charge in [-0.15, -0.1) is 0 Å². The van der Waals surface area contributed by atoms with E-state index in [1.54, 1.807) is 11.8 Å². The minimum Gasteiger partial charge on any atom is -0.494 e. The van der Waals surface area contributed by atoms with Crippen LogP contribution in [0.2, 0.25) is 0 Å². The predicted octanol–water partition coefficient (Wildman–Crippen LogP) is 6.06. The maximum absolute atomic E-state index is 12.4. The van der Waals surface area contributed by atoms with Crippen LogP contribution in [0.3, 0.4) is 0 Å². The molecule has 0 radical (unpaired) electrons. The standard InChI is InChI=1S/C22H23IN7O2P.C2H6/c1-12-25-19-17(9-18(27-21(19)30(12)33-23)28-22(31)13-7-8-13)26-16-6-4-5-15(20(16)32-3)14-10-24-29(2)11-14;1-2/h4-6,9-11,13,33H,7-8H2,1-3H3,(H2,26,27,28,31);1-2H3. The number of hydrogen-bond acceptors (Lipinski definition) is 6. The molecule has 0 aliphatic heterocycles. The van der Waals surface area contributed by atoms with Gasteiger partial charge in [0.2, 0.25) is 5.91 Å². The molecular weight excluding hydrogens is 576 g/mol. The Bertz CT molecular complexity index is 1360. The summed E-state index contributed by atoms with van der Waals surface area (Å²) < 4.78 is 9.61. The van der Waals surface area contributed by atoms with Crippen molar-refractivity contribution < 1.29 is 9.53 Å². The van der Waals surface area contributed by atoms with Crippen LogP contribution >= 0.6 is 28.4 Å². The van der Waals surface area contributed by atoms with Gasteiger partial charge in [0.05, 0.1) is 31.1 Å². The molecule has 184 valence electrons. The number of aromatic nitrogens is 5. The number of fused-ring (bicyclic) bond motifs is 1. The monoisotopic (exact) mass is 605 g/mol. The van der Waals surface area contributed by atoms with E-state index in [1.165, 1.54) is 0 Å². The van der Waals surface area contributed by atoms with Gasteiger partial charge >= 0.3 is 0 Å². The fourth-order valence-electron chi connectivity index (χ4n) is 3.78. The molecule has 4 aromatic rings. The molecule has 1 fully saturated rings. The first-order valence-electron chi connectivity index (χ1n) is 11.5. The summed E-state index contributed by atoms with van der Waals surface area (Å²) in [6.45, 7) is 5.96. The lowest BCUT2D eigenvalue weighted by atomic mass is 10.1. The summed E-state index contributed by atoms with van der Waals surface area (Å²) in [4.78, 5) is 21.9. The number of ether oxygens (including phenoxy) is 1. The first-order valence-corrected chi connectivity index (χ1v) is 15.5. The van der Waals surface area contributed by atoms with E-state index in [9.17, 15) is 4.79 Å². The van der Waals surface area contributed by atoms with Gasteiger partial charge in [-0.05, 0) is 47.9 Å². The smallest absolute Gasteiger partial charge is 0.228 e. The summed E-state index contributed by atoms with van der Waals surface area (Å²) in [5, 5.41) is 10.7. The van der Waals surface area contributed by atoms with Crippen LogP contribution in [0.4, 0.5) is 17.2 Å². The molecule has 11 heteroatoms. The van der Waals surface area contributed by atoms with Gasteiger partial charge < -0.3 is 15.4 Å². The van der Waals surface area contributed by atoms with Gasteiger partial charge in [-0.25, -0.2) is 9.97 Å². The highest BCUT2D eigenvalue weighted by Gasteiger charge is 2.30. The number of imidazole rings is 1. The molecule has 2 N–H and O–H groups in total. The van der Waals surface area contributed by atoms with Crippen molar-refractivity contribution in [1.29, 1.82) is 0 Å². The second-order valence-corrected chi connectivity index (χ2v) is 10.0. The number of nitrogens with one attached hydrogen (secondary N) is 2. The lowest BCUT2D eigenvalue weighted by Crippen LogP contribution is -2.14. The normalized spacial score (nSPS) is 13.1. The summed E-state index contributed by atoms with van der Waals surface area (Å²) in [5.74, 6) is 2.19. The van der Waals surface area contributed by atoms with Crippen LogP contribution in [-0.4, -0.2) is 37.1 Å². The Morgan fingerprint density at radius 3 is 2.63 bits per heavy atom. The molecule has 1 aliphatic carbocycles. The van der Waals surface area contributed by atoms with Crippen molar-refractivity contribution in [2.24, 2.45) is 13.0 Å². The van der Waals surface area contributed by atoms with E-state index >= 15 is 0 Å². The zero-order valence-electron chi connectivity index (χ0n) is 20.4. The quantitative estimate of drug-likeness (QED) is 0.196. The third-order valence-corrected chi connectivity index (χ3v) is 7.72. The minimum atomic E-state index is 0.0173. The molecule has 0 saturated heterocycles. The van der Waals surface area contributed by atoms with Crippen molar-refractivity contribution in [2.75, 3.05) is 17.7 Å². The van der Waals surface area contributed by atoms with E-state index in [4.69, 9.17) is 14.7 Å². The third kappa shape index (κ3) is 5.28. The Labute approximate surface area is 219 Å². The van der Waals surface area contributed by atoms with Crippen LogP contribution in [0, 0.1) is 12.8 Å². The van der Waals surface area contributed by atoms with Crippen LogP contribution in [0.1, 0.15) is 32.5 Å². The van der Waals surface area contributed by atoms with Crippen LogP contribution in [0.15, 0.2) is 36.7 Å². The average Bonchev–Trinajstić information content (AvgIpc) is 3.55. The molecule has 5 rings (SSSR count). The Morgan fingerprint density at radius 2 is 2.00 bits per heavy atom. The summed E-state index contributed by atoms with van der Waals surface area (Å²) in [6.07, 6.45) is 6.06. The molecule has 9 nitrogen and oxygen atoms in total. The van der Waals surface area contributed by atoms with Crippen molar-refractivity contribution in [3.63, 3.8) is 0 Å². The molecule has 0 spiro atoms. The van der Waals surface area contributed by atoms with Gasteiger partial charge in [-0.3, -0.25) is 13.8 Å². The summed E-state index contributed by atoms with van der Waals surface area (Å²) >= 11 is 2.32. The van der Waals surface area contributed by atoms with Crippen molar-refractivity contribution in [3.05, 3.63) is 42.5 Å². The number of aryl methyl sites for hydroxylation is 2. The summed E-state index contributed by atoms with van der Waals surface area (Å²) in [7, 11) is 3.54. The van der Waals surface area contributed by atoms with E-state index < -0.39 is 0 Å². The number of amides is 1. The Hall–Kier alpha value is -2.72. The molecular formula is C24H29IN7O2P. The van der Waals surface area contributed by atoms with Crippen LogP contribution in [0.5, 0.6) is 5.75 Å². The SMILES string of the molecule is CC.COc1c(Nc2cc(NC(=O)C3CC3)nc3c2nc(C)n3PI)cccc1-c1cnn(C)c1. The molecule has 3 aromatic heterocycles. The fourth-order valence-corrected chi connectivity index (χ4v) is 5.92. The molecule has 1 amide bonds. The number of methoxy groups -OCH3 is 1. The molecule has 1 atom stereocenters. The van der Waals surface area contributed by atoms with E-state index in [-0.39, 0.29) is 11.8 Å². The number of benzene rings is 1. The number of hydrogen-bond donors (Lipinski definition) is 2. The van der Waals surface area contributed by atoms with Gasteiger partial charge in [0.15, 0.2) is 5.65 Å². The minimum absolute atomic E-state index is 0.0173. The van der Waals surface area contributed by atoms with Crippen molar-refractivity contribution >= 4 is 62.7 Å². The number of para-hydroxylation sites is 1. The van der Waals surface area contributed by atoms with E-state index in [1.807, 2.05) is 64.5 Å². The maximum atomic E-state index is 12.4. The number of halogens is 1. The molecule has 1 aromatic carbocycles. The van der Waals surface area contributed by atoms with Crippen LogP contribution in [0.25, 0.3) is 22.3 Å². The molecule has 3 heterocycles. The third-order valence-electron chi connectivity index (χ3n) is 5.57. The molecule has 1 unspecified atom stereocenters. The highest BCUT2D eigenvalue weighted by atomic mass is 127. The topological polar surface area (TPSA) is 98.9 Å². The Balaban J connectivity index is 0.00000141. The summed E-state index contributed by atoms with van der Waals surface area (Å²) in [5.41, 5.74) is 4.91. The number of nitrogens with zero attached hydrogens (tertiary/aromatic N) is 5. The second kappa shape index (κ2) is 10.9. The lowest BCUT2D eigenvalue weighted by molar-refractivity contribution is -0.117. The number of carbonyl (C=O) groups excluding carboxylic acids is 1. The highest BCUT2D eigenvalue weighted by molar-refractivity contribution is 14.2. The number of rotatable bonds is 7. The second-order valence-electron chi connectivity index (χ2n) is 7.98. The predicted molar refractivity (Wildman–Crippen MR) is 151 cm³/mol. The van der Waals surface area contributed by atoms with Gasteiger partial charge in [-0.1, -0.05) is 26.0 Å². The maximum Gasteiger partial charge on any atom is 0.228 e. The van der Waals surface area contributed by atoms with Gasteiger partial charge in [-0.2, -0.15) is 5.10 Å². The largest absolute Gasteiger partial charge is 0.494 e. The van der Waals surface area contributed by atoms with Gasteiger partial charge in [0.1, 0.15) is 22.9 Å².